The maximum atomic E-state index is 12.0. The molecule has 1 aromatic rings. The maximum Gasteiger partial charge on any atom is 0.305 e. The lowest BCUT2D eigenvalue weighted by molar-refractivity contribution is -0.138. The summed E-state index contributed by atoms with van der Waals surface area (Å²) in [6, 6.07) is 3.18. The van der Waals surface area contributed by atoms with Gasteiger partial charge in [0.15, 0.2) is 0 Å². The molecule has 1 rings (SSSR count). The summed E-state index contributed by atoms with van der Waals surface area (Å²) >= 11 is 1.43. The highest BCUT2D eigenvalue weighted by molar-refractivity contribution is 7.10. The second-order valence-corrected chi connectivity index (χ2v) is 5.49. The van der Waals surface area contributed by atoms with Crippen molar-refractivity contribution in [3.8, 4) is 0 Å². The number of carbonyl (C=O) groups is 2. The lowest BCUT2D eigenvalue weighted by Gasteiger charge is -2.26. The summed E-state index contributed by atoms with van der Waals surface area (Å²) in [5.41, 5.74) is -0.728. The third-order valence-corrected chi connectivity index (χ3v) is 3.75. The normalized spacial score (nSPS) is 13.1. The fourth-order valence-corrected chi connectivity index (χ4v) is 2.12. The molecule has 0 aliphatic carbocycles. The molecule has 18 heavy (non-hydrogen) atoms. The number of nitrogens with one attached hydrogen (secondary N) is 2. The van der Waals surface area contributed by atoms with Crippen LogP contribution < -0.4 is 10.6 Å². The van der Waals surface area contributed by atoms with E-state index in [1.54, 1.807) is 20.9 Å². The number of rotatable bonds is 6. The Morgan fingerprint density at radius 2 is 2.17 bits per heavy atom. The minimum Gasteiger partial charge on any atom is -0.481 e. The van der Waals surface area contributed by atoms with E-state index >= 15 is 0 Å². The predicted molar refractivity (Wildman–Crippen MR) is 70.6 cm³/mol. The first-order valence-electron chi connectivity index (χ1n) is 5.62. The molecule has 0 aliphatic rings. The molecule has 0 fully saturated rings. The molecule has 0 aliphatic heterocycles. The largest absolute Gasteiger partial charge is 0.481 e. The molecule has 1 atom stereocenters. The Labute approximate surface area is 110 Å². The summed E-state index contributed by atoms with van der Waals surface area (Å²) < 4.78 is 0. The SMILES string of the molecule is CNC(C)(C)C(=O)NC(CC(=O)O)c1cccs1. The van der Waals surface area contributed by atoms with Gasteiger partial charge in [0.2, 0.25) is 5.91 Å². The van der Waals surface area contributed by atoms with Crippen LogP contribution in [0.15, 0.2) is 17.5 Å². The zero-order chi connectivity index (χ0) is 13.8. The van der Waals surface area contributed by atoms with Crippen LogP contribution in [0.3, 0.4) is 0 Å². The summed E-state index contributed by atoms with van der Waals surface area (Å²) in [6.07, 6.45) is -0.119. The van der Waals surface area contributed by atoms with E-state index in [0.717, 1.165) is 4.88 Å². The van der Waals surface area contributed by atoms with Crippen LogP contribution in [0.1, 0.15) is 31.2 Å². The van der Waals surface area contributed by atoms with E-state index in [1.807, 2.05) is 17.5 Å². The molecule has 0 spiro atoms. The Bertz CT molecular complexity index is 415. The standard InChI is InChI=1S/C12H18N2O3S/c1-12(2,13-3)11(17)14-8(7-10(15)16)9-5-4-6-18-9/h4-6,8,13H,7H2,1-3H3,(H,14,17)(H,15,16). The zero-order valence-corrected chi connectivity index (χ0v) is 11.5. The maximum absolute atomic E-state index is 12.0. The molecule has 1 heterocycles. The zero-order valence-electron chi connectivity index (χ0n) is 10.7. The van der Waals surface area contributed by atoms with Gasteiger partial charge in [0.05, 0.1) is 18.0 Å². The number of amides is 1. The van der Waals surface area contributed by atoms with E-state index in [0.29, 0.717) is 0 Å². The van der Waals surface area contributed by atoms with Gasteiger partial charge < -0.3 is 15.7 Å². The molecule has 0 aromatic carbocycles. The average Bonchev–Trinajstić information content (AvgIpc) is 2.80. The molecule has 1 unspecified atom stereocenters. The summed E-state index contributed by atoms with van der Waals surface area (Å²) in [5, 5.41) is 16.4. The monoisotopic (exact) mass is 270 g/mol. The highest BCUT2D eigenvalue weighted by Gasteiger charge is 2.28. The third kappa shape index (κ3) is 3.82. The first kappa shape index (κ1) is 14.7. The number of carboxylic acids is 1. The van der Waals surface area contributed by atoms with Crippen LogP contribution in [0.5, 0.6) is 0 Å². The van der Waals surface area contributed by atoms with Crippen LogP contribution in [0.25, 0.3) is 0 Å². The molecule has 0 saturated carbocycles. The lowest BCUT2D eigenvalue weighted by Crippen LogP contribution is -2.52. The van der Waals surface area contributed by atoms with Crippen LogP contribution in [0.4, 0.5) is 0 Å². The van der Waals surface area contributed by atoms with Crippen molar-refractivity contribution >= 4 is 23.2 Å². The minimum absolute atomic E-state index is 0.119. The Morgan fingerprint density at radius 1 is 1.50 bits per heavy atom. The fourth-order valence-electron chi connectivity index (χ4n) is 1.34. The number of hydrogen-bond donors (Lipinski definition) is 3. The number of thiophene rings is 1. The number of aliphatic carboxylic acids is 1. The fraction of sp³-hybridized carbons (Fsp3) is 0.500. The van der Waals surface area contributed by atoms with Crippen molar-refractivity contribution in [3.05, 3.63) is 22.4 Å². The van der Waals surface area contributed by atoms with E-state index < -0.39 is 17.6 Å². The van der Waals surface area contributed by atoms with Gasteiger partial charge in [-0.25, -0.2) is 0 Å². The molecule has 5 nitrogen and oxygen atoms in total. The van der Waals surface area contributed by atoms with Crippen molar-refractivity contribution in [2.45, 2.75) is 31.8 Å². The van der Waals surface area contributed by atoms with Gasteiger partial charge in [-0.2, -0.15) is 0 Å². The Balaban J connectivity index is 2.80. The van der Waals surface area contributed by atoms with Crippen LogP contribution in [0.2, 0.25) is 0 Å². The number of carboxylic acid groups (broad SMARTS) is 1. The summed E-state index contributed by atoms with van der Waals surface area (Å²) in [5.74, 6) is -1.15. The Kier molecular flexibility index (Phi) is 4.86. The average molecular weight is 270 g/mol. The number of hydrogen-bond acceptors (Lipinski definition) is 4. The van der Waals surface area contributed by atoms with E-state index in [-0.39, 0.29) is 12.3 Å². The van der Waals surface area contributed by atoms with Crippen molar-refractivity contribution in [1.29, 1.82) is 0 Å². The van der Waals surface area contributed by atoms with Crippen molar-refractivity contribution in [3.63, 3.8) is 0 Å². The van der Waals surface area contributed by atoms with E-state index in [2.05, 4.69) is 10.6 Å². The number of likely N-dealkylation sites (N-methyl/N-ethyl adjacent to an activating group) is 1. The summed E-state index contributed by atoms with van der Waals surface area (Å²) in [7, 11) is 1.69. The number of carbonyl (C=O) groups excluding carboxylic acids is 1. The quantitative estimate of drug-likeness (QED) is 0.729. The smallest absolute Gasteiger partial charge is 0.305 e. The van der Waals surface area contributed by atoms with Crippen molar-refractivity contribution in [1.82, 2.24) is 10.6 Å². The predicted octanol–water partition coefficient (Wildman–Crippen LogP) is 1.38. The summed E-state index contributed by atoms with van der Waals surface area (Å²) in [6.45, 7) is 3.49. The molecular weight excluding hydrogens is 252 g/mol. The van der Waals surface area contributed by atoms with Gasteiger partial charge in [-0.3, -0.25) is 9.59 Å². The van der Waals surface area contributed by atoms with Gasteiger partial charge in [-0.05, 0) is 32.3 Å². The lowest BCUT2D eigenvalue weighted by atomic mass is 10.0. The van der Waals surface area contributed by atoms with Gasteiger partial charge in [0, 0.05) is 4.88 Å². The highest BCUT2D eigenvalue weighted by atomic mass is 32.1. The van der Waals surface area contributed by atoms with Crippen LogP contribution in [-0.4, -0.2) is 29.6 Å². The van der Waals surface area contributed by atoms with Gasteiger partial charge in [0.25, 0.3) is 0 Å². The Morgan fingerprint density at radius 3 is 2.61 bits per heavy atom. The first-order chi connectivity index (χ1) is 8.36. The van der Waals surface area contributed by atoms with Crippen LogP contribution in [-0.2, 0) is 9.59 Å². The molecule has 0 radical (unpaired) electrons. The van der Waals surface area contributed by atoms with Crippen molar-refractivity contribution in [2.75, 3.05) is 7.05 Å². The molecule has 3 N–H and O–H groups in total. The van der Waals surface area contributed by atoms with Crippen molar-refractivity contribution < 1.29 is 14.7 Å². The van der Waals surface area contributed by atoms with Gasteiger partial charge >= 0.3 is 5.97 Å². The minimum atomic E-state index is -0.934. The second kappa shape index (κ2) is 5.97. The van der Waals surface area contributed by atoms with E-state index in [1.165, 1.54) is 11.3 Å². The van der Waals surface area contributed by atoms with Crippen molar-refractivity contribution in [2.24, 2.45) is 0 Å². The topological polar surface area (TPSA) is 78.4 Å². The van der Waals surface area contributed by atoms with E-state index in [4.69, 9.17) is 5.11 Å². The Hall–Kier alpha value is -1.40. The van der Waals surface area contributed by atoms with Crippen LogP contribution in [0, 0.1) is 0 Å². The molecule has 6 heteroatoms. The molecule has 100 valence electrons. The van der Waals surface area contributed by atoms with Gasteiger partial charge in [-0.1, -0.05) is 6.07 Å². The van der Waals surface area contributed by atoms with Gasteiger partial charge in [0.1, 0.15) is 0 Å². The van der Waals surface area contributed by atoms with E-state index in [9.17, 15) is 9.59 Å². The highest BCUT2D eigenvalue weighted by Crippen LogP contribution is 2.22. The molecule has 1 aromatic heterocycles. The molecule has 0 saturated heterocycles. The molecule has 0 bridgehead atoms. The molecule has 1 amide bonds. The third-order valence-electron chi connectivity index (χ3n) is 2.76. The van der Waals surface area contributed by atoms with Gasteiger partial charge in [-0.15, -0.1) is 11.3 Å². The summed E-state index contributed by atoms with van der Waals surface area (Å²) in [4.78, 5) is 23.7. The first-order valence-corrected chi connectivity index (χ1v) is 6.50. The van der Waals surface area contributed by atoms with Crippen LogP contribution >= 0.6 is 11.3 Å². The second-order valence-electron chi connectivity index (χ2n) is 4.51. The molecular formula is C12H18N2O3S.